The van der Waals surface area contributed by atoms with E-state index in [0.29, 0.717) is 25.1 Å². The zero-order valence-electron chi connectivity index (χ0n) is 9.90. The summed E-state index contributed by atoms with van der Waals surface area (Å²) in [5, 5.41) is 12.1. The molecule has 0 aromatic heterocycles. The number of amides is 1. The average molecular weight is 235 g/mol. The molecule has 0 saturated carbocycles. The third-order valence-corrected chi connectivity index (χ3v) is 2.92. The molecule has 17 heavy (non-hydrogen) atoms. The molecule has 0 fully saturated rings. The van der Waals surface area contributed by atoms with Crippen molar-refractivity contribution in [1.29, 1.82) is 0 Å². The van der Waals surface area contributed by atoms with E-state index in [4.69, 9.17) is 4.74 Å². The predicted molar refractivity (Wildman–Crippen MR) is 64.3 cm³/mol. The summed E-state index contributed by atoms with van der Waals surface area (Å²) in [5.74, 6) is 0.724. The molecule has 92 valence electrons. The van der Waals surface area contributed by atoms with Gasteiger partial charge in [0.25, 0.3) is 5.91 Å². The second kappa shape index (κ2) is 5.19. The maximum atomic E-state index is 11.8. The molecule has 0 saturated heterocycles. The largest absolute Gasteiger partial charge is 0.493 e. The number of ether oxygens (including phenoxy) is 1. The van der Waals surface area contributed by atoms with Crippen molar-refractivity contribution >= 4 is 5.91 Å². The number of hydrogen-bond donors (Lipinski definition) is 2. The Bertz CT molecular complexity index is 417. The minimum atomic E-state index is -0.475. The SMILES string of the molecule is CCC(O)CNC(=O)c1ccc2c(c1)CCO2. The van der Waals surface area contributed by atoms with Gasteiger partial charge in [-0.3, -0.25) is 4.79 Å². The monoisotopic (exact) mass is 235 g/mol. The first-order valence-electron chi connectivity index (χ1n) is 5.92. The van der Waals surface area contributed by atoms with Crippen LogP contribution in [0, 0.1) is 0 Å². The summed E-state index contributed by atoms with van der Waals surface area (Å²) in [6.07, 6.45) is 1.02. The van der Waals surface area contributed by atoms with Gasteiger partial charge in [0, 0.05) is 18.5 Å². The Hall–Kier alpha value is -1.55. The zero-order chi connectivity index (χ0) is 12.3. The fraction of sp³-hybridized carbons (Fsp3) is 0.462. The molecule has 2 N–H and O–H groups in total. The second-order valence-corrected chi connectivity index (χ2v) is 4.19. The van der Waals surface area contributed by atoms with E-state index in [1.54, 1.807) is 6.07 Å². The van der Waals surface area contributed by atoms with Gasteiger partial charge in [-0.2, -0.15) is 0 Å². The summed E-state index contributed by atoms with van der Waals surface area (Å²) >= 11 is 0. The van der Waals surface area contributed by atoms with Gasteiger partial charge in [-0.1, -0.05) is 6.92 Å². The molecule has 0 radical (unpaired) electrons. The molecule has 1 amide bonds. The van der Waals surface area contributed by atoms with Crippen LogP contribution >= 0.6 is 0 Å². The number of hydrogen-bond acceptors (Lipinski definition) is 3. The average Bonchev–Trinajstić information content (AvgIpc) is 2.82. The fourth-order valence-electron chi connectivity index (χ4n) is 1.78. The lowest BCUT2D eigenvalue weighted by atomic mass is 10.1. The van der Waals surface area contributed by atoms with E-state index in [9.17, 15) is 9.90 Å². The predicted octanol–water partition coefficient (Wildman–Crippen LogP) is 1.12. The maximum Gasteiger partial charge on any atom is 0.251 e. The number of aliphatic hydroxyl groups excluding tert-OH is 1. The quantitative estimate of drug-likeness (QED) is 0.822. The highest BCUT2D eigenvalue weighted by atomic mass is 16.5. The Labute approximate surface area is 101 Å². The first-order chi connectivity index (χ1) is 8.20. The van der Waals surface area contributed by atoms with Crippen molar-refractivity contribution < 1.29 is 14.6 Å². The lowest BCUT2D eigenvalue weighted by molar-refractivity contribution is 0.0914. The topological polar surface area (TPSA) is 58.6 Å². The highest BCUT2D eigenvalue weighted by molar-refractivity contribution is 5.94. The minimum absolute atomic E-state index is 0.146. The number of rotatable bonds is 4. The van der Waals surface area contributed by atoms with E-state index < -0.39 is 6.10 Å². The maximum absolute atomic E-state index is 11.8. The fourth-order valence-corrected chi connectivity index (χ4v) is 1.78. The Balaban J connectivity index is 2.00. The molecule has 1 aliphatic heterocycles. The van der Waals surface area contributed by atoms with Crippen LogP contribution in [0.2, 0.25) is 0 Å². The third-order valence-electron chi connectivity index (χ3n) is 2.92. The summed E-state index contributed by atoms with van der Waals surface area (Å²) < 4.78 is 5.38. The molecule has 4 nitrogen and oxygen atoms in total. The van der Waals surface area contributed by atoms with E-state index in [1.165, 1.54) is 0 Å². The number of aliphatic hydroxyl groups is 1. The van der Waals surface area contributed by atoms with E-state index in [1.807, 2.05) is 19.1 Å². The van der Waals surface area contributed by atoms with Gasteiger partial charge in [-0.15, -0.1) is 0 Å². The van der Waals surface area contributed by atoms with Crippen molar-refractivity contribution in [2.75, 3.05) is 13.2 Å². The van der Waals surface area contributed by atoms with Crippen LogP contribution < -0.4 is 10.1 Å². The van der Waals surface area contributed by atoms with E-state index in [0.717, 1.165) is 17.7 Å². The second-order valence-electron chi connectivity index (χ2n) is 4.19. The molecule has 1 heterocycles. The number of carbonyl (C=O) groups is 1. The molecule has 2 rings (SSSR count). The Morgan fingerprint density at radius 3 is 3.18 bits per heavy atom. The van der Waals surface area contributed by atoms with Crippen molar-refractivity contribution in [2.24, 2.45) is 0 Å². The standard InChI is InChI=1S/C13H17NO3/c1-2-11(15)8-14-13(16)10-3-4-12-9(7-10)5-6-17-12/h3-4,7,11,15H,2,5-6,8H2,1H3,(H,14,16). The summed E-state index contributed by atoms with van der Waals surface area (Å²) in [4.78, 5) is 11.8. The number of carbonyl (C=O) groups excluding carboxylic acids is 1. The van der Waals surface area contributed by atoms with Crippen LogP contribution in [0.25, 0.3) is 0 Å². The van der Waals surface area contributed by atoms with Crippen molar-refractivity contribution in [1.82, 2.24) is 5.32 Å². The molecule has 0 spiro atoms. The summed E-state index contributed by atoms with van der Waals surface area (Å²) in [6, 6.07) is 5.43. The van der Waals surface area contributed by atoms with Crippen LogP contribution in [0.5, 0.6) is 5.75 Å². The molecular formula is C13H17NO3. The molecule has 0 bridgehead atoms. The van der Waals surface area contributed by atoms with Gasteiger partial charge < -0.3 is 15.2 Å². The first-order valence-corrected chi connectivity index (χ1v) is 5.92. The molecule has 0 aliphatic carbocycles. The smallest absolute Gasteiger partial charge is 0.251 e. The van der Waals surface area contributed by atoms with Gasteiger partial charge >= 0.3 is 0 Å². The van der Waals surface area contributed by atoms with Gasteiger partial charge in [0.1, 0.15) is 5.75 Å². The summed E-state index contributed by atoms with van der Waals surface area (Å²) in [7, 11) is 0. The van der Waals surface area contributed by atoms with Gasteiger partial charge in [-0.05, 0) is 30.2 Å². The molecule has 1 unspecified atom stereocenters. The Morgan fingerprint density at radius 2 is 2.41 bits per heavy atom. The van der Waals surface area contributed by atoms with Gasteiger partial charge in [0.05, 0.1) is 12.7 Å². The molecule has 1 aromatic rings. The van der Waals surface area contributed by atoms with Crippen LogP contribution in [0.1, 0.15) is 29.3 Å². The zero-order valence-corrected chi connectivity index (χ0v) is 9.90. The highest BCUT2D eigenvalue weighted by Crippen LogP contribution is 2.25. The molecule has 1 aromatic carbocycles. The van der Waals surface area contributed by atoms with Crippen LogP contribution in [-0.2, 0) is 6.42 Å². The van der Waals surface area contributed by atoms with Crippen LogP contribution in [0.4, 0.5) is 0 Å². The van der Waals surface area contributed by atoms with Crippen molar-refractivity contribution in [3.8, 4) is 5.75 Å². The van der Waals surface area contributed by atoms with Crippen molar-refractivity contribution in [2.45, 2.75) is 25.9 Å². The lowest BCUT2D eigenvalue weighted by Gasteiger charge is -2.10. The number of fused-ring (bicyclic) bond motifs is 1. The molecular weight excluding hydrogens is 218 g/mol. The normalized spacial score (nSPS) is 14.9. The van der Waals surface area contributed by atoms with Crippen LogP contribution in [0.3, 0.4) is 0 Å². The number of benzene rings is 1. The van der Waals surface area contributed by atoms with E-state index >= 15 is 0 Å². The summed E-state index contributed by atoms with van der Waals surface area (Å²) in [5.41, 5.74) is 1.70. The van der Waals surface area contributed by atoms with Gasteiger partial charge in [0.15, 0.2) is 0 Å². The molecule has 4 heteroatoms. The van der Waals surface area contributed by atoms with Crippen LogP contribution in [-0.4, -0.2) is 30.3 Å². The molecule has 1 aliphatic rings. The Morgan fingerprint density at radius 1 is 1.59 bits per heavy atom. The highest BCUT2D eigenvalue weighted by Gasteiger charge is 2.15. The van der Waals surface area contributed by atoms with Gasteiger partial charge in [-0.25, -0.2) is 0 Å². The Kier molecular flexibility index (Phi) is 3.64. The third kappa shape index (κ3) is 2.77. The van der Waals surface area contributed by atoms with Gasteiger partial charge in [0.2, 0.25) is 0 Å². The first kappa shape index (κ1) is 11.9. The van der Waals surface area contributed by atoms with Crippen molar-refractivity contribution in [3.63, 3.8) is 0 Å². The number of nitrogens with one attached hydrogen (secondary N) is 1. The molecule has 1 atom stereocenters. The van der Waals surface area contributed by atoms with Crippen molar-refractivity contribution in [3.05, 3.63) is 29.3 Å². The van der Waals surface area contributed by atoms with E-state index in [2.05, 4.69) is 5.32 Å². The van der Waals surface area contributed by atoms with Crippen LogP contribution in [0.15, 0.2) is 18.2 Å². The summed E-state index contributed by atoms with van der Waals surface area (Å²) in [6.45, 7) is 2.86. The lowest BCUT2D eigenvalue weighted by Crippen LogP contribution is -2.31. The minimum Gasteiger partial charge on any atom is -0.493 e. The van der Waals surface area contributed by atoms with E-state index in [-0.39, 0.29) is 5.91 Å².